The van der Waals surface area contributed by atoms with Crippen LogP contribution >= 0.6 is 0 Å². The van der Waals surface area contributed by atoms with Crippen molar-refractivity contribution in [3.8, 4) is 0 Å². The van der Waals surface area contributed by atoms with E-state index in [0.717, 1.165) is 12.2 Å². The summed E-state index contributed by atoms with van der Waals surface area (Å²) >= 11 is 0. The molecule has 1 aromatic rings. The van der Waals surface area contributed by atoms with Crippen LogP contribution in [0.15, 0.2) is 18.2 Å². The molecule has 0 saturated heterocycles. The van der Waals surface area contributed by atoms with Gasteiger partial charge in [-0.3, -0.25) is 4.79 Å². The van der Waals surface area contributed by atoms with Gasteiger partial charge in [-0.25, -0.2) is 4.98 Å². The fourth-order valence-electron chi connectivity index (χ4n) is 2.73. The monoisotopic (exact) mass is 248 g/mol. The number of amides is 1. The van der Waals surface area contributed by atoms with Crippen LogP contribution in [0, 0.1) is 5.92 Å². The Balaban J connectivity index is 2.20. The Bertz CT molecular complexity index is 435. The smallest absolute Gasteiger partial charge is 0.267 e. The zero-order valence-electron chi connectivity index (χ0n) is 10.7. The van der Waals surface area contributed by atoms with E-state index in [-0.39, 0.29) is 0 Å². The number of hydrogen-bond donors (Lipinski definition) is 2. The van der Waals surface area contributed by atoms with E-state index < -0.39 is 5.91 Å². The summed E-state index contributed by atoms with van der Waals surface area (Å²) in [6, 6.07) is 5.75. The average Bonchev–Trinajstić information content (AvgIpc) is 2.86. The number of nitrogens with zero attached hydrogens (tertiary/aromatic N) is 2. The summed E-state index contributed by atoms with van der Waals surface area (Å²) in [6.07, 6.45) is 3.49. The second-order valence-corrected chi connectivity index (χ2v) is 4.85. The predicted molar refractivity (Wildman–Crippen MR) is 71.3 cm³/mol. The summed E-state index contributed by atoms with van der Waals surface area (Å²) in [5, 5.41) is 0. The molecule has 1 amide bonds. The van der Waals surface area contributed by atoms with Crippen LogP contribution in [-0.4, -0.2) is 30.5 Å². The van der Waals surface area contributed by atoms with E-state index in [0.29, 0.717) is 24.2 Å². The van der Waals surface area contributed by atoms with Crippen molar-refractivity contribution in [3.05, 3.63) is 23.9 Å². The lowest BCUT2D eigenvalue weighted by Crippen LogP contribution is -2.38. The molecular weight excluding hydrogens is 228 g/mol. The van der Waals surface area contributed by atoms with Gasteiger partial charge in [0.05, 0.1) is 0 Å². The molecule has 0 radical (unpaired) electrons. The largest absolute Gasteiger partial charge is 0.364 e. The van der Waals surface area contributed by atoms with Gasteiger partial charge >= 0.3 is 0 Å². The Morgan fingerprint density at radius 3 is 2.94 bits per heavy atom. The van der Waals surface area contributed by atoms with E-state index in [2.05, 4.69) is 9.88 Å². The third-order valence-corrected chi connectivity index (χ3v) is 3.77. The number of primary amides is 1. The molecule has 2 atom stereocenters. The molecule has 1 saturated carbocycles. The van der Waals surface area contributed by atoms with Crippen LogP contribution in [-0.2, 0) is 0 Å². The van der Waals surface area contributed by atoms with Crippen molar-refractivity contribution in [1.82, 2.24) is 4.98 Å². The lowest BCUT2D eigenvalue weighted by Gasteiger charge is -2.30. The van der Waals surface area contributed by atoms with Gasteiger partial charge in [0.1, 0.15) is 11.5 Å². The maximum atomic E-state index is 11.1. The molecule has 1 aliphatic rings. The molecule has 98 valence electrons. The minimum atomic E-state index is -0.493. The predicted octanol–water partition coefficient (Wildman–Crippen LogP) is 0.744. The average molecular weight is 248 g/mol. The number of carbonyl (C=O) groups excluding carboxylic acids is 1. The molecule has 5 heteroatoms. The number of aromatic nitrogens is 1. The maximum Gasteiger partial charge on any atom is 0.267 e. The van der Waals surface area contributed by atoms with E-state index in [1.807, 2.05) is 19.2 Å². The summed E-state index contributed by atoms with van der Waals surface area (Å²) in [5.74, 6) is 0.803. The quantitative estimate of drug-likeness (QED) is 0.823. The van der Waals surface area contributed by atoms with Crippen molar-refractivity contribution in [1.29, 1.82) is 0 Å². The van der Waals surface area contributed by atoms with Crippen LogP contribution in [0.5, 0.6) is 0 Å². The molecule has 0 aromatic carbocycles. The Kier molecular flexibility index (Phi) is 3.81. The summed E-state index contributed by atoms with van der Waals surface area (Å²) < 4.78 is 0. The van der Waals surface area contributed by atoms with Gasteiger partial charge in [0.15, 0.2) is 0 Å². The maximum absolute atomic E-state index is 11.1. The molecule has 0 aliphatic heterocycles. The normalized spacial score (nSPS) is 23.0. The Labute approximate surface area is 107 Å². The molecule has 0 spiro atoms. The zero-order chi connectivity index (χ0) is 13.1. The molecule has 1 aromatic heterocycles. The van der Waals surface area contributed by atoms with Crippen molar-refractivity contribution < 1.29 is 4.79 Å². The third kappa shape index (κ3) is 2.46. The zero-order valence-corrected chi connectivity index (χ0v) is 10.7. The third-order valence-electron chi connectivity index (χ3n) is 3.77. The first-order valence-electron chi connectivity index (χ1n) is 6.33. The van der Waals surface area contributed by atoms with Crippen molar-refractivity contribution in [2.75, 3.05) is 18.5 Å². The number of carbonyl (C=O) groups is 1. The molecule has 1 aliphatic carbocycles. The Morgan fingerprint density at radius 2 is 2.28 bits per heavy atom. The van der Waals surface area contributed by atoms with Crippen LogP contribution < -0.4 is 16.4 Å². The molecule has 5 nitrogen and oxygen atoms in total. The summed E-state index contributed by atoms with van der Waals surface area (Å²) in [5.41, 5.74) is 11.4. The van der Waals surface area contributed by atoms with Gasteiger partial charge in [-0.2, -0.15) is 0 Å². The van der Waals surface area contributed by atoms with E-state index in [1.165, 1.54) is 12.8 Å². The summed E-state index contributed by atoms with van der Waals surface area (Å²) in [6.45, 7) is 0.699. The standard InChI is InChI=1S/C13H20N4O/c1-17(11-6-2-4-9(11)8-14)12-7-3-5-10(16-12)13(15)18/h3,5,7,9,11H,2,4,6,8,14H2,1H3,(H2,15,18). The van der Waals surface area contributed by atoms with Gasteiger partial charge in [0, 0.05) is 13.1 Å². The minimum absolute atomic E-state index is 0.307. The van der Waals surface area contributed by atoms with Crippen molar-refractivity contribution in [2.45, 2.75) is 25.3 Å². The summed E-state index contributed by atoms with van der Waals surface area (Å²) in [7, 11) is 2.01. The minimum Gasteiger partial charge on any atom is -0.364 e. The number of hydrogen-bond acceptors (Lipinski definition) is 4. The van der Waals surface area contributed by atoms with Gasteiger partial charge in [0.25, 0.3) is 5.91 Å². The van der Waals surface area contributed by atoms with Crippen molar-refractivity contribution in [2.24, 2.45) is 17.4 Å². The van der Waals surface area contributed by atoms with Crippen LogP contribution in [0.25, 0.3) is 0 Å². The van der Waals surface area contributed by atoms with Crippen LogP contribution in [0.2, 0.25) is 0 Å². The highest BCUT2D eigenvalue weighted by Gasteiger charge is 2.30. The van der Waals surface area contributed by atoms with Crippen LogP contribution in [0.4, 0.5) is 5.82 Å². The fraction of sp³-hybridized carbons (Fsp3) is 0.538. The van der Waals surface area contributed by atoms with E-state index in [4.69, 9.17) is 11.5 Å². The number of rotatable bonds is 4. The molecular formula is C13H20N4O. The highest BCUT2D eigenvalue weighted by atomic mass is 16.1. The molecule has 2 unspecified atom stereocenters. The highest BCUT2D eigenvalue weighted by molar-refractivity contribution is 5.91. The highest BCUT2D eigenvalue weighted by Crippen LogP contribution is 2.30. The molecule has 1 heterocycles. The lowest BCUT2D eigenvalue weighted by atomic mass is 10.0. The van der Waals surface area contributed by atoms with Gasteiger partial charge < -0.3 is 16.4 Å². The Morgan fingerprint density at radius 1 is 1.50 bits per heavy atom. The van der Waals surface area contributed by atoms with Gasteiger partial charge in [0.2, 0.25) is 0 Å². The lowest BCUT2D eigenvalue weighted by molar-refractivity contribution is 0.0995. The second-order valence-electron chi connectivity index (χ2n) is 4.85. The first kappa shape index (κ1) is 12.8. The van der Waals surface area contributed by atoms with Crippen LogP contribution in [0.1, 0.15) is 29.8 Å². The van der Waals surface area contributed by atoms with Gasteiger partial charge in [-0.1, -0.05) is 12.5 Å². The van der Waals surface area contributed by atoms with E-state index in [1.54, 1.807) is 6.07 Å². The fourth-order valence-corrected chi connectivity index (χ4v) is 2.73. The number of anilines is 1. The molecule has 4 N–H and O–H groups in total. The number of pyridine rings is 1. The number of nitrogens with two attached hydrogens (primary N) is 2. The SMILES string of the molecule is CN(c1cccc(C(N)=O)n1)C1CCCC1CN. The molecule has 18 heavy (non-hydrogen) atoms. The van der Waals surface area contributed by atoms with Gasteiger partial charge in [-0.15, -0.1) is 0 Å². The first-order chi connectivity index (χ1) is 8.63. The van der Waals surface area contributed by atoms with E-state index in [9.17, 15) is 4.79 Å². The molecule has 2 rings (SSSR count). The second kappa shape index (κ2) is 5.35. The van der Waals surface area contributed by atoms with Crippen molar-refractivity contribution in [3.63, 3.8) is 0 Å². The summed E-state index contributed by atoms with van der Waals surface area (Å²) in [4.78, 5) is 17.6. The molecule has 1 fully saturated rings. The van der Waals surface area contributed by atoms with Crippen molar-refractivity contribution >= 4 is 11.7 Å². The van der Waals surface area contributed by atoms with Crippen LogP contribution in [0.3, 0.4) is 0 Å². The van der Waals surface area contributed by atoms with Gasteiger partial charge in [-0.05, 0) is 37.4 Å². The first-order valence-corrected chi connectivity index (χ1v) is 6.33. The topological polar surface area (TPSA) is 85.2 Å². The Hall–Kier alpha value is -1.62. The molecule has 0 bridgehead atoms. The van der Waals surface area contributed by atoms with E-state index >= 15 is 0 Å².